The summed E-state index contributed by atoms with van der Waals surface area (Å²) in [5, 5.41) is 1.98. The van der Waals surface area contributed by atoms with Crippen molar-refractivity contribution in [2.24, 2.45) is 0 Å². The van der Waals surface area contributed by atoms with Gasteiger partial charge in [0.15, 0.2) is 0 Å². The lowest BCUT2D eigenvalue weighted by Gasteiger charge is -2.26. The van der Waals surface area contributed by atoms with Gasteiger partial charge in [0.25, 0.3) is 0 Å². The van der Waals surface area contributed by atoms with E-state index in [1.807, 2.05) is 24.4 Å². The lowest BCUT2D eigenvalue weighted by molar-refractivity contribution is -0.126. The molecule has 0 atom stereocenters. The van der Waals surface area contributed by atoms with Gasteiger partial charge >= 0.3 is 0 Å². The number of nitrogens with zero attached hydrogens (tertiary/aromatic N) is 2. The van der Waals surface area contributed by atoms with Crippen LogP contribution < -0.4 is 4.74 Å². The maximum absolute atomic E-state index is 13.1. The van der Waals surface area contributed by atoms with E-state index in [4.69, 9.17) is 9.47 Å². The van der Waals surface area contributed by atoms with E-state index < -0.39 is 10.0 Å². The summed E-state index contributed by atoms with van der Waals surface area (Å²) in [4.78, 5) is 15.5. The first kappa shape index (κ1) is 22.5. The molecule has 1 amide bonds. The number of amides is 1. The van der Waals surface area contributed by atoms with Gasteiger partial charge in [-0.3, -0.25) is 4.79 Å². The zero-order chi connectivity index (χ0) is 21.6. The SMILES string of the molecule is CCN(Cc1cccs1)C(=O)/C=C/c1ccc(OC)c(S(=O)(=O)N2CCOCC2)c1. The average molecular weight is 451 g/mol. The first-order valence-corrected chi connectivity index (χ1v) is 12.0. The summed E-state index contributed by atoms with van der Waals surface area (Å²) in [6.07, 6.45) is 3.11. The largest absolute Gasteiger partial charge is 0.495 e. The summed E-state index contributed by atoms with van der Waals surface area (Å²) in [5.74, 6) is 0.150. The van der Waals surface area contributed by atoms with E-state index in [0.717, 1.165) is 4.88 Å². The highest BCUT2D eigenvalue weighted by atomic mass is 32.2. The minimum absolute atomic E-state index is 0.0902. The Bertz CT molecular complexity index is 981. The van der Waals surface area contributed by atoms with Gasteiger partial charge in [0, 0.05) is 30.6 Å². The molecular weight excluding hydrogens is 424 g/mol. The molecule has 0 N–H and O–H groups in total. The third-order valence-corrected chi connectivity index (χ3v) is 7.60. The number of carbonyl (C=O) groups excluding carboxylic acids is 1. The molecule has 1 aromatic carbocycles. The zero-order valence-corrected chi connectivity index (χ0v) is 18.7. The van der Waals surface area contributed by atoms with Gasteiger partial charge in [0.1, 0.15) is 10.6 Å². The van der Waals surface area contributed by atoms with Gasteiger partial charge in [-0.1, -0.05) is 12.1 Å². The van der Waals surface area contributed by atoms with E-state index in [1.165, 1.54) is 17.5 Å². The monoisotopic (exact) mass is 450 g/mol. The fraction of sp³-hybridized carbons (Fsp3) is 0.381. The fourth-order valence-corrected chi connectivity index (χ4v) is 5.45. The molecule has 0 radical (unpaired) electrons. The highest BCUT2D eigenvalue weighted by molar-refractivity contribution is 7.89. The first-order chi connectivity index (χ1) is 14.5. The van der Waals surface area contributed by atoms with Crippen LogP contribution in [0, 0.1) is 0 Å². The van der Waals surface area contributed by atoms with Crippen LogP contribution in [-0.2, 0) is 26.1 Å². The number of methoxy groups -OCH3 is 1. The van der Waals surface area contributed by atoms with E-state index in [0.29, 0.717) is 45.0 Å². The molecule has 1 aliphatic rings. The molecule has 1 aromatic heterocycles. The normalized spacial score (nSPS) is 15.4. The summed E-state index contributed by atoms with van der Waals surface area (Å²) >= 11 is 1.61. The van der Waals surface area contributed by atoms with Crippen LogP contribution in [0.2, 0.25) is 0 Å². The first-order valence-electron chi connectivity index (χ1n) is 9.71. The Balaban J connectivity index is 1.81. The molecule has 3 rings (SSSR count). The van der Waals surface area contributed by atoms with Crippen LogP contribution in [0.3, 0.4) is 0 Å². The molecular formula is C21H26N2O5S2. The standard InChI is InChI=1S/C21H26N2O5S2/c1-3-22(16-18-5-4-14-29-18)21(24)9-7-17-6-8-19(27-2)20(15-17)30(25,26)23-10-12-28-13-11-23/h4-9,14-15H,3,10-13,16H2,1-2H3/b9-7+. The molecule has 0 bridgehead atoms. The second kappa shape index (κ2) is 10.2. The smallest absolute Gasteiger partial charge is 0.246 e. The Kier molecular flexibility index (Phi) is 7.65. The molecule has 1 aliphatic heterocycles. The topological polar surface area (TPSA) is 76.2 Å². The second-order valence-corrected chi connectivity index (χ2v) is 9.63. The average Bonchev–Trinajstić information content (AvgIpc) is 3.29. The van der Waals surface area contributed by atoms with Crippen molar-refractivity contribution in [1.29, 1.82) is 0 Å². The number of morpholine rings is 1. The maximum atomic E-state index is 13.1. The molecule has 162 valence electrons. The number of hydrogen-bond acceptors (Lipinski definition) is 6. The lowest BCUT2D eigenvalue weighted by Crippen LogP contribution is -2.40. The van der Waals surface area contributed by atoms with Crippen molar-refractivity contribution >= 4 is 33.3 Å². The zero-order valence-electron chi connectivity index (χ0n) is 17.1. The Morgan fingerprint density at radius 1 is 1.30 bits per heavy atom. The minimum atomic E-state index is -3.72. The number of hydrogen-bond donors (Lipinski definition) is 0. The number of sulfonamides is 1. The number of rotatable bonds is 8. The van der Waals surface area contributed by atoms with Crippen molar-refractivity contribution in [2.45, 2.75) is 18.4 Å². The van der Waals surface area contributed by atoms with Gasteiger partial charge in [0.05, 0.1) is 26.9 Å². The molecule has 0 unspecified atom stereocenters. The van der Waals surface area contributed by atoms with E-state index >= 15 is 0 Å². The van der Waals surface area contributed by atoms with Crippen LogP contribution in [0.5, 0.6) is 5.75 Å². The van der Waals surface area contributed by atoms with Crippen LogP contribution in [0.4, 0.5) is 0 Å². The summed E-state index contributed by atoms with van der Waals surface area (Å²) in [6.45, 7) is 4.41. The summed E-state index contributed by atoms with van der Waals surface area (Å²) in [5.41, 5.74) is 0.614. The van der Waals surface area contributed by atoms with Crippen LogP contribution in [0.1, 0.15) is 17.4 Å². The van der Waals surface area contributed by atoms with Crippen molar-refractivity contribution in [3.05, 3.63) is 52.2 Å². The van der Waals surface area contributed by atoms with Crippen molar-refractivity contribution in [3.63, 3.8) is 0 Å². The van der Waals surface area contributed by atoms with Gasteiger partial charge < -0.3 is 14.4 Å². The molecule has 30 heavy (non-hydrogen) atoms. The Morgan fingerprint density at radius 3 is 2.70 bits per heavy atom. The number of carbonyl (C=O) groups is 1. The van der Waals surface area contributed by atoms with Crippen LogP contribution >= 0.6 is 11.3 Å². The van der Waals surface area contributed by atoms with Crippen molar-refractivity contribution in [3.8, 4) is 5.75 Å². The highest BCUT2D eigenvalue weighted by Gasteiger charge is 2.29. The van der Waals surface area contributed by atoms with Gasteiger partial charge in [-0.25, -0.2) is 8.42 Å². The highest BCUT2D eigenvalue weighted by Crippen LogP contribution is 2.29. The van der Waals surface area contributed by atoms with E-state index in [-0.39, 0.29) is 16.6 Å². The number of benzene rings is 1. The quantitative estimate of drug-likeness (QED) is 0.578. The number of likely N-dealkylation sites (N-methyl/N-ethyl adjacent to an activating group) is 1. The molecule has 9 heteroatoms. The number of ether oxygens (including phenoxy) is 2. The molecule has 1 saturated heterocycles. The Labute approximate surface area is 181 Å². The molecule has 2 aromatic rings. The molecule has 1 fully saturated rings. The van der Waals surface area contributed by atoms with Crippen LogP contribution in [-0.4, -0.2) is 63.5 Å². The minimum Gasteiger partial charge on any atom is -0.495 e. The van der Waals surface area contributed by atoms with Crippen molar-refractivity contribution in [2.75, 3.05) is 40.0 Å². The van der Waals surface area contributed by atoms with Gasteiger partial charge in [0.2, 0.25) is 15.9 Å². The van der Waals surface area contributed by atoms with E-state index in [9.17, 15) is 13.2 Å². The van der Waals surface area contributed by atoms with Crippen molar-refractivity contribution < 1.29 is 22.7 Å². The molecule has 7 nitrogen and oxygen atoms in total. The van der Waals surface area contributed by atoms with E-state index in [2.05, 4.69) is 0 Å². The van der Waals surface area contributed by atoms with Gasteiger partial charge in [-0.2, -0.15) is 4.31 Å². The van der Waals surface area contributed by atoms with Gasteiger partial charge in [-0.05, 0) is 42.1 Å². The molecule has 0 spiro atoms. The summed E-state index contributed by atoms with van der Waals surface area (Å²) in [7, 11) is -2.28. The molecule has 0 aliphatic carbocycles. The predicted molar refractivity (Wildman–Crippen MR) is 117 cm³/mol. The predicted octanol–water partition coefficient (Wildman–Crippen LogP) is 2.84. The van der Waals surface area contributed by atoms with Crippen LogP contribution in [0.15, 0.2) is 46.7 Å². The van der Waals surface area contributed by atoms with E-state index in [1.54, 1.807) is 40.5 Å². The Hall–Kier alpha value is -2.20. The Morgan fingerprint density at radius 2 is 2.07 bits per heavy atom. The van der Waals surface area contributed by atoms with Gasteiger partial charge in [-0.15, -0.1) is 11.3 Å². The lowest BCUT2D eigenvalue weighted by atomic mass is 10.2. The third-order valence-electron chi connectivity index (χ3n) is 4.81. The molecule has 0 saturated carbocycles. The number of thiophene rings is 1. The third kappa shape index (κ3) is 5.28. The maximum Gasteiger partial charge on any atom is 0.246 e. The van der Waals surface area contributed by atoms with Crippen LogP contribution in [0.25, 0.3) is 6.08 Å². The molecule has 2 heterocycles. The summed E-state index contributed by atoms with van der Waals surface area (Å²) in [6, 6.07) is 8.85. The fourth-order valence-electron chi connectivity index (χ4n) is 3.13. The second-order valence-electron chi connectivity index (χ2n) is 6.69. The summed E-state index contributed by atoms with van der Waals surface area (Å²) < 4.78 is 38.1. The van der Waals surface area contributed by atoms with Crippen molar-refractivity contribution in [1.82, 2.24) is 9.21 Å².